The van der Waals surface area contributed by atoms with E-state index in [0.717, 1.165) is 17.7 Å². The number of hydrogen-bond acceptors (Lipinski definition) is 4. The van der Waals surface area contributed by atoms with Crippen LogP contribution >= 0.6 is 11.6 Å². The monoisotopic (exact) mass is 444 g/mol. The van der Waals surface area contributed by atoms with Crippen molar-refractivity contribution in [3.63, 3.8) is 0 Å². The van der Waals surface area contributed by atoms with Gasteiger partial charge in [0.1, 0.15) is 11.5 Å². The quantitative estimate of drug-likeness (QED) is 0.671. The number of carbonyl (C=O) groups excluding carboxylic acids is 2. The van der Waals surface area contributed by atoms with Gasteiger partial charge in [0.2, 0.25) is 0 Å². The van der Waals surface area contributed by atoms with Gasteiger partial charge in [-0.05, 0) is 62.1 Å². The van der Waals surface area contributed by atoms with Gasteiger partial charge in [0.15, 0.2) is 12.7 Å². The zero-order valence-corrected chi connectivity index (χ0v) is 18.7. The first-order valence-electron chi connectivity index (χ1n) is 10.7. The number of nitrogens with zero attached hydrogens (tertiary/aromatic N) is 1. The van der Waals surface area contributed by atoms with Crippen LogP contribution in [-0.2, 0) is 16.0 Å². The fraction of sp³-hybridized carbons (Fsp3) is 0.417. The van der Waals surface area contributed by atoms with E-state index in [0.29, 0.717) is 36.7 Å². The molecule has 0 bridgehead atoms. The van der Waals surface area contributed by atoms with Crippen LogP contribution in [0.2, 0.25) is 5.02 Å². The minimum Gasteiger partial charge on any atom is -0.483 e. The van der Waals surface area contributed by atoms with E-state index >= 15 is 0 Å². The highest BCUT2D eigenvalue weighted by Crippen LogP contribution is 2.19. The van der Waals surface area contributed by atoms with Gasteiger partial charge in [-0.15, -0.1) is 0 Å². The molecule has 2 amide bonds. The molecule has 1 saturated heterocycles. The number of carbonyl (C=O) groups is 2. The lowest BCUT2D eigenvalue weighted by atomic mass is 10.0. The SMILES string of the molecule is CCc1ccccc1OCC(=O)N1CCC(NC(=O)C(C)Oc2ccc(Cl)cc2)CC1. The van der Waals surface area contributed by atoms with E-state index in [9.17, 15) is 9.59 Å². The Morgan fingerprint density at radius 2 is 1.81 bits per heavy atom. The Balaban J connectivity index is 1.40. The third kappa shape index (κ3) is 6.62. The molecule has 1 heterocycles. The number of benzene rings is 2. The van der Waals surface area contributed by atoms with Crippen molar-refractivity contribution in [1.29, 1.82) is 0 Å². The van der Waals surface area contributed by atoms with Crippen LogP contribution in [-0.4, -0.2) is 48.6 Å². The summed E-state index contributed by atoms with van der Waals surface area (Å²) in [5.74, 6) is 1.15. The van der Waals surface area contributed by atoms with Gasteiger partial charge in [-0.25, -0.2) is 0 Å². The molecular weight excluding hydrogens is 416 g/mol. The number of piperidine rings is 1. The van der Waals surface area contributed by atoms with Crippen LogP contribution in [0.1, 0.15) is 32.3 Å². The predicted octanol–water partition coefficient (Wildman–Crippen LogP) is 3.86. The van der Waals surface area contributed by atoms with Gasteiger partial charge in [-0.1, -0.05) is 36.7 Å². The lowest BCUT2D eigenvalue weighted by Gasteiger charge is -2.33. The van der Waals surface area contributed by atoms with Crippen molar-refractivity contribution < 1.29 is 19.1 Å². The van der Waals surface area contributed by atoms with Crippen LogP contribution in [0.25, 0.3) is 0 Å². The molecule has 1 aliphatic heterocycles. The summed E-state index contributed by atoms with van der Waals surface area (Å²) in [7, 11) is 0. The molecule has 166 valence electrons. The van der Waals surface area contributed by atoms with Crippen molar-refractivity contribution in [2.24, 2.45) is 0 Å². The summed E-state index contributed by atoms with van der Waals surface area (Å²) in [6, 6.07) is 14.7. The molecule has 7 heteroatoms. The summed E-state index contributed by atoms with van der Waals surface area (Å²) >= 11 is 5.87. The van der Waals surface area contributed by atoms with Crippen molar-refractivity contribution in [3.05, 3.63) is 59.1 Å². The molecule has 0 spiro atoms. The number of halogens is 1. The summed E-state index contributed by atoms with van der Waals surface area (Å²) < 4.78 is 11.4. The smallest absolute Gasteiger partial charge is 0.260 e. The van der Waals surface area contributed by atoms with Crippen LogP contribution in [0, 0.1) is 0 Å². The number of likely N-dealkylation sites (tertiary alicyclic amines) is 1. The highest BCUT2D eigenvalue weighted by Gasteiger charge is 2.26. The highest BCUT2D eigenvalue weighted by molar-refractivity contribution is 6.30. The molecule has 1 N–H and O–H groups in total. The zero-order valence-electron chi connectivity index (χ0n) is 18.0. The molecule has 31 heavy (non-hydrogen) atoms. The maximum atomic E-state index is 12.5. The van der Waals surface area contributed by atoms with Crippen LogP contribution in [0.3, 0.4) is 0 Å². The van der Waals surface area contributed by atoms with Gasteiger partial charge in [-0.3, -0.25) is 9.59 Å². The lowest BCUT2D eigenvalue weighted by molar-refractivity contribution is -0.134. The van der Waals surface area contributed by atoms with Crippen molar-refractivity contribution in [1.82, 2.24) is 10.2 Å². The predicted molar refractivity (Wildman–Crippen MR) is 121 cm³/mol. The summed E-state index contributed by atoms with van der Waals surface area (Å²) in [4.78, 5) is 26.8. The standard InChI is InChI=1S/C24H29ClN2O4/c1-3-18-6-4-5-7-22(18)30-16-23(28)27-14-12-20(13-15-27)26-24(29)17(2)31-21-10-8-19(25)9-11-21/h4-11,17,20H,3,12-16H2,1-2H3,(H,26,29). The third-order valence-corrected chi connectivity index (χ3v) is 5.65. The minimum atomic E-state index is -0.618. The molecule has 0 saturated carbocycles. The zero-order chi connectivity index (χ0) is 22.2. The maximum absolute atomic E-state index is 12.5. The van der Waals surface area contributed by atoms with Crippen LogP contribution in [0.4, 0.5) is 0 Å². The molecule has 1 fully saturated rings. The molecule has 0 aromatic heterocycles. The Hall–Kier alpha value is -2.73. The average Bonchev–Trinajstić information content (AvgIpc) is 2.79. The van der Waals surface area contributed by atoms with E-state index in [1.807, 2.05) is 24.3 Å². The number of para-hydroxylation sites is 1. The van der Waals surface area contributed by atoms with Crippen molar-refractivity contribution >= 4 is 23.4 Å². The van der Waals surface area contributed by atoms with Crippen LogP contribution < -0.4 is 14.8 Å². The lowest BCUT2D eigenvalue weighted by Crippen LogP contribution is -2.50. The molecule has 0 radical (unpaired) electrons. The van der Waals surface area contributed by atoms with Gasteiger partial charge < -0.3 is 19.7 Å². The van der Waals surface area contributed by atoms with Crippen molar-refractivity contribution in [3.8, 4) is 11.5 Å². The largest absolute Gasteiger partial charge is 0.483 e. The second-order valence-electron chi connectivity index (χ2n) is 7.63. The molecule has 1 atom stereocenters. The van der Waals surface area contributed by atoms with E-state index in [-0.39, 0.29) is 24.5 Å². The van der Waals surface area contributed by atoms with Crippen LogP contribution in [0.5, 0.6) is 11.5 Å². The number of rotatable bonds is 8. The second kappa shape index (κ2) is 11.0. The Bertz CT molecular complexity index is 879. The van der Waals surface area contributed by atoms with Gasteiger partial charge >= 0.3 is 0 Å². The Labute approximate surface area is 188 Å². The normalized spacial score (nSPS) is 15.3. The minimum absolute atomic E-state index is 0.0227. The summed E-state index contributed by atoms with van der Waals surface area (Å²) in [6.45, 7) is 4.99. The third-order valence-electron chi connectivity index (χ3n) is 5.39. The maximum Gasteiger partial charge on any atom is 0.260 e. The first-order valence-corrected chi connectivity index (χ1v) is 11.0. The molecule has 2 aromatic rings. The van der Waals surface area contributed by atoms with E-state index in [1.165, 1.54) is 0 Å². The van der Waals surface area contributed by atoms with Gasteiger partial charge in [0.25, 0.3) is 11.8 Å². The molecule has 3 rings (SSSR count). The molecular formula is C24H29ClN2O4. The highest BCUT2D eigenvalue weighted by atomic mass is 35.5. The molecule has 1 unspecified atom stereocenters. The van der Waals surface area contributed by atoms with Crippen LogP contribution in [0.15, 0.2) is 48.5 Å². The van der Waals surface area contributed by atoms with E-state index in [1.54, 1.807) is 36.1 Å². The summed E-state index contributed by atoms with van der Waals surface area (Å²) in [6.07, 6.45) is 1.65. The second-order valence-corrected chi connectivity index (χ2v) is 8.06. The van der Waals surface area contributed by atoms with E-state index < -0.39 is 6.10 Å². The number of ether oxygens (including phenoxy) is 2. The number of nitrogens with one attached hydrogen (secondary N) is 1. The van der Waals surface area contributed by atoms with Crippen molar-refractivity contribution in [2.45, 2.75) is 45.3 Å². The summed E-state index contributed by atoms with van der Waals surface area (Å²) in [5, 5.41) is 3.64. The Morgan fingerprint density at radius 3 is 2.48 bits per heavy atom. The molecule has 2 aromatic carbocycles. The Kier molecular flexibility index (Phi) is 8.18. The fourth-order valence-corrected chi connectivity index (χ4v) is 3.66. The summed E-state index contributed by atoms with van der Waals surface area (Å²) in [5.41, 5.74) is 1.09. The first-order chi connectivity index (χ1) is 15.0. The number of aryl methyl sites for hydroxylation is 1. The molecule has 6 nitrogen and oxygen atoms in total. The number of amides is 2. The topological polar surface area (TPSA) is 67.9 Å². The van der Waals surface area contributed by atoms with Gasteiger partial charge in [0.05, 0.1) is 0 Å². The average molecular weight is 445 g/mol. The number of hydrogen-bond donors (Lipinski definition) is 1. The van der Waals surface area contributed by atoms with E-state index in [4.69, 9.17) is 21.1 Å². The molecule has 0 aliphatic carbocycles. The van der Waals surface area contributed by atoms with Gasteiger partial charge in [-0.2, -0.15) is 0 Å². The first kappa shape index (κ1) is 22.9. The fourth-order valence-electron chi connectivity index (χ4n) is 3.53. The van der Waals surface area contributed by atoms with Crippen molar-refractivity contribution in [2.75, 3.05) is 19.7 Å². The van der Waals surface area contributed by atoms with Gasteiger partial charge in [0, 0.05) is 24.2 Å². The Morgan fingerprint density at radius 1 is 1.13 bits per heavy atom. The van der Waals surface area contributed by atoms with E-state index in [2.05, 4.69) is 12.2 Å². The molecule has 1 aliphatic rings.